The molecule has 1 atom stereocenters. The Balaban J connectivity index is 1.49. The zero-order chi connectivity index (χ0) is 23.9. The van der Waals surface area contributed by atoms with Crippen molar-refractivity contribution in [2.45, 2.75) is 12.5 Å². The van der Waals surface area contributed by atoms with E-state index in [9.17, 15) is 14.7 Å². The Bertz CT molecular complexity index is 1330. The maximum atomic E-state index is 13.0. The molecule has 0 aliphatic carbocycles. The first kappa shape index (κ1) is 23.0. The molecule has 4 aromatic rings. The number of aromatic hydroxyl groups is 1. The number of thiophene rings is 1. The fourth-order valence-corrected chi connectivity index (χ4v) is 4.39. The molecule has 0 saturated carbocycles. The summed E-state index contributed by atoms with van der Waals surface area (Å²) in [4.78, 5) is 25.8. The molecule has 0 fully saturated rings. The highest BCUT2D eigenvalue weighted by Crippen LogP contribution is 2.26. The third kappa shape index (κ3) is 5.41. The number of hydrogen-bond acceptors (Lipinski definition) is 6. The molecule has 7 nitrogen and oxygen atoms in total. The van der Waals surface area contributed by atoms with Crippen LogP contribution >= 0.6 is 11.3 Å². The summed E-state index contributed by atoms with van der Waals surface area (Å²) in [6.45, 7) is 0. The number of carbonyl (C=O) groups excluding carboxylic acids is 2. The predicted molar refractivity (Wildman–Crippen MR) is 134 cm³/mol. The number of hydrazone groups is 1. The van der Waals surface area contributed by atoms with Crippen LogP contribution in [0.2, 0.25) is 0 Å². The molecule has 34 heavy (non-hydrogen) atoms. The number of fused-ring (bicyclic) bond motifs is 1. The van der Waals surface area contributed by atoms with E-state index in [1.807, 2.05) is 60.0 Å². The molecule has 0 bridgehead atoms. The lowest BCUT2D eigenvalue weighted by molar-refractivity contribution is -0.122. The number of methoxy groups -OCH3 is 1. The first-order valence-corrected chi connectivity index (χ1v) is 11.4. The second-order valence-corrected chi connectivity index (χ2v) is 8.44. The molecular formula is C26H23N3O4S. The topological polar surface area (TPSA) is 100 Å². The zero-order valence-corrected chi connectivity index (χ0v) is 19.2. The van der Waals surface area contributed by atoms with Gasteiger partial charge in [0.05, 0.1) is 13.3 Å². The van der Waals surface area contributed by atoms with Crippen molar-refractivity contribution >= 4 is 39.5 Å². The Kier molecular flexibility index (Phi) is 7.19. The van der Waals surface area contributed by atoms with Gasteiger partial charge in [-0.15, -0.1) is 11.3 Å². The number of amides is 2. The van der Waals surface area contributed by atoms with Gasteiger partial charge >= 0.3 is 0 Å². The van der Waals surface area contributed by atoms with Gasteiger partial charge in [-0.05, 0) is 29.8 Å². The van der Waals surface area contributed by atoms with Gasteiger partial charge in [-0.3, -0.25) is 9.59 Å². The molecule has 1 heterocycles. The fourth-order valence-electron chi connectivity index (χ4n) is 3.47. The van der Waals surface area contributed by atoms with Crippen LogP contribution in [-0.2, 0) is 11.2 Å². The number of rotatable bonds is 8. The second-order valence-electron chi connectivity index (χ2n) is 7.52. The minimum Gasteiger partial charge on any atom is -0.504 e. The molecule has 3 N–H and O–H groups in total. The van der Waals surface area contributed by atoms with E-state index in [4.69, 9.17) is 4.74 Å². The van der Waals surface area contributed by atoms with Crippen molar-refractivity contribution in [2.75, 3.05) is 7.11 Å². The van der Waals surface area contributed by atoms with Crippen molar-refractivity contribution in [2.24, 2.45) is 5.10 Å². The monoisotopic (exact) mass is 473 g/mol. The van der Waals surface area contributed by atoms with Gasteiger partial charge < -0.3 is 15.2 Å². The Labute approximate surface area is 200 Å². The van der Waals surface area contributed by atoms with Gasteiger partial charge in [0.2, 0.25) is 0 Å². The smallest absolute Gasteiger partial charge is 0.262 e. The molecule has 0 aliphatic heterocycles. The molecule has 4 rings (SSSR count). The lowest BCUT2D eigenvalue weighted by Crippen LogP contribution is -2.46. The SMILES string of the molecule is COc1ccc(C(=O)NC(Cc2ccccc2)C(=O)NN=Cc2csc3ccccc23)cc1O. The van der Waals surface area contributed by atoms with E-state index in [0.717, 1.165) is 21.2 Å². The summed E-state index contributed by atoms with van der Waals surface area (Å²) in [5, 5.41) is 19.9. The molecule has 3 aromatic carbocycles. The Morgan fingerprint density at radius 1 is 1.09 bits per heavy atom. The quantitative estimate of drug-likeness (QED) is 0.265. The van der Waals surface area contributed by atoms with Crippen LogP contribution in [0, 0.1) is 0 Å². The largest absolute Gasteiger partial charge is 0.504 e. The van der Waals surface area contributed by atoms with Crippen LogP contribution in [-0.4, -0.2) is 36.3 Å². The third-order valence-electron chi connectivity index (χ3n) is 5.23. The predicted octanol–water partition coefficient (Wildman–Crippen LogP) is 4.11. The summed E-state index contributed by atoms with van der Waals surface area (Å²) in [6, 6.07) is 20.8. The number of phenolic OH excluding ortho intramolecular Hbond substituents is 1. The maximum Gasteiger partial charge on any atom is 0.262 e. The van der Waals surface area contributed by atoms with Crippen LogP contribution in [0.25, 0.3) is 10.1 Å². The number of nitrogens with zero attached hydrogens (tertiary/aromatic N) is 1. The van der Waals surface area contributed by atoms with Crippen molar-refractivity contribution in [1.82, 2.24) is 10.7 Å². The van der Waals surface area contributed by atoms with Crippen LogP contribution < -0.4 is 15.5 Å². The molecule has 2 amide bonds. The van der Waals surface area contributed by atoms with Gasteiger partial charge in [-0.1, -0.05) is 48.5 Å². The van der Waals surface area contributed by atoms with E-state index < -0.39 is 17.9 Å². The highest BCUT2D eigenvalue weighted by Gasteiger charge is 2.22. The molecular weight excluding hydrogens is 450 g/mol. The van der Waals surface area contributed by atoms with E-state index in [1.165, 1.54) is 25.3 Å². The van der Waals surface area contributed by atoms with E-state index in [1.54, 1.807) is 17.6 Å². The normalized spacial score (nSPS) is 11.9. The van der Waals surface area contributed by atoms with Crippen molar-refractivity contribution in [1.29, 1.82) is 0 Å². The van der Waals surface area contributed by atoms with E-state index in [-0.39, 0.29) is 23.5 Å². The standard InChI is InChI=1S/C26H23N3O4S/c1-33-23-12-11-18(14-22(23)30)25(31)28-21(13-17-7-3-2-4-8-17)26(32)29-27-15-19-16-34-24-10-6-5-9-20(19)24/h2-12,14-16,21,30H,13H2,1H3,(H,28,31)(H,29,32). The van der Waals surface area contributed by atoms with Gasteiger partial charge in [0, 0.05) is 33.0 Å². The van der Waals surface area contributed by atoms with Crippen LogP contribution in [0.4, 0.5) is 0 Å². The molecule has 0 aliphatic rings. The highest BCUT2D eigenvalue weighted by molar-refractivity contribution is 7.17. The first-order chi connectivity index (χ1) is 16.5. The van der Waals surface area contributed by atoms with Gasteiger partial charge in [-0.25, -0.2) is 5.43 Å². The number of benzene rings is 3. The van der Waals surface area contributed by atoms with Gasteiger partial charge in [-0.2, -0.15) is 5.10 Å². The number of carbonyl (C=O) groups is 2. The summed E-state index contributed by atoms with van der Waals surface area (Å²) in [7, 11) is 1.43. The highest BCUT2D eigenvalue weighted by atomic mass is 32.1. The van der Waals surface area contributed by atoms with Gasteiger partial charge in [0.15, 0.2) is 11.5 Å². The maximum absolute atomic E-state index is 13.0. The van der Waals surface area contributed by atoms with Gasteiger partial charge in [0.1, 0.15) is 6.04 Å². The molecule has 0 spiro atoms. The average Bonchev–Trinajstić information content (AvgIpc) is 3.27. The number of hydrogen-bond donors (Lipinski definition) is 3. The van der Waals surface area contributed by atoms with Gasteiger partial charge in [0.25, 0.3) is 11.8 Å². The minimum atomic E-state index is -0.879. The summed E-state index contributed by atoms with van der Waals surface area (Å²) in [5.41, 5.74) is 4.53. The Hall–Kier alpha value is -4.17. The van der Waals surface area contributed by atoms with Crippen molar-refractivity contribution < 1.29 is 19.4 Å². The molecule has 0 radical (unpaired) electrons. The lowest BCUT2D eigenvalue weighted by atomic mass is 10.0. The molecule has 0 saturated heterocycles. The number of ether oxygens (including phenoxy) is 1. The minimum absolute atomic E-state index is 0.160. The lowest BCUT2D eigenvalue weighted by Gasteiger charge is -2.17. The zero-order valence-electron chi connectivity index (χ0n) is 18.4. The van der Waals surface area contributed by atoms with E-state index in [2.05, 4.69) is 15.8 Å². The summed E-state index contributed by atoms with van der Waals surface area (Å²) < 4.78 is 6.15. The average molecular weight is 474 g/mol. The van der Waals surface area contributed by atoms with Crippen LogP contribution in [0.15, 0.2) is 83.3 Å². The van der Waals surface area contributed by atoms with E-state index in [0.29, 0.717) is 0 Å². The number of phenols is 1. The van der Waals surface area contributed by atoms with E-state index >= 15 is 0 Å². The van der Waals surface area contributed by atoms with Crippen LogP contribution in [0.1, 0.15) is 21.5 Å². The van der Waals surface area contributed by atoms with Crippen molar-refractivity contribution in [3.63, 3.8) is 0 Å². The Morgan fingerprint density at radius 2 is 1.85 bits per heavy atom. The molecule has 172 valence electrons. The molecule has 8 heteroatoms. The third-order valence-corrected chi connectivity index (χ3v) is 6.22. The molecule has 1 unspecified atom stereocenters. The summed E-state index contributed by atoms with van der Waals surface area (Å²) in [6.07, 6.45) is 1.87. The summed E-state index contributed by atoms with van der Waals surface area (Å²) in [5.74, 6) is -0.857. The van der Waals surface area contributed by atoms with Crippen molar-refractivity contribution in [3.05, 3.63) is 94.9 Å². The second kappa shape index (κ2) is 10.6. The van der Waals surface area contributed by atoms with Crippen LogP contribution in [0.3, 0.4) is 0 Å². The van der Waals surface area contributed by atoms with Crippen molar-refractivity contribution in [3.8, 4) is 11.5 Å². The number of nitrogens with one attached hydrogen (secondary N) is 2. The first-order valence-electron chi connectivity index (χ1n) is 10.6. The van der Waals surface area contributed by atoms with Crippen LogP contribution in [0.5, 0.6) is 11.5 Å². The fraction of sp³-hybridized carbons (Fsp3) is 0.115. The summed E-state index contributed by atoms with van der Waals surface area (Å²) >= 11 is 1.60. The Morgan fingerprint density at radius 3 is 2.62 bits per heavy atom. The molecule has 1 aromatic heterocycles.